The summed E-state index contributed by atoms with van der Waals surface area (Å²) in [5.74, 6) is -1.66. The molecule has 0 aliphatic carbocycles. The van der Waals surface area contributed by atoms with Gasteiger partial charge in [-0.25, -0.2) is 4.79 Å². The molecule has 1 unspecified atom stereocenters. The minimum atomic E-state index is -0.671. The van der Waals surface area contributed by atoms with Gasteiger partial charge in [0.05, 0.1) is 24.9 Å². The van der Waals surface area contributed by atoms with Crippen molar-refractivity contribution in [3.63, 3.8) is 0 Å². The van der Waals surface area contributed by atoms with Crippen LogP contribution in [0.3, 0.4) is 0 Å². The Morgan fingerprint density at radius 3 is 2.57 bits per heavy atom. The first kappa shape index (κ1) is 19.6. The first-order valence-electron chi connectivity index (χ1n) is 9.09. The molecule has 0 saturated carbocycles. The first-order valence-corrected chi connectivity index (χ1v) is 9.09. The van der Waals surface area contributed by atoms with Crippen LogP contribution >= 0.6 is 0 Å². The molecule has 1 aliphatic rings. The molecule has 1 aromatic carbocycles. The zero-order chi connectivity index (χ0) is 20.4. The summed E-state index contributed by atoms with van der Waals surface area (Å²) in [4.78, 5) is 38.8. The second-order valence-electron chi connectivity index (χ2n) is 7.24. The minimum absolute atomic E-state index is 0.0858. The highest BCUT2D eigenvalue weighted by Gasteiger charge is 2.32. The smallest absolute Gasteiger partial charge is 0.338 e. The number of carbonyl (C=O) groups is 3. The highest BCUT2D eigenvalue weighted by Crippen LogP contribution is 2.27. The van der Waals surface area contributed by atoms with Crippen molar-refractivity contribution >= 4 is 17.8 Å². The molecule has 8 nitrogen and oxygen atoms in total. The number of amides is 2. The van der Waals surface area contributed by atoms with Crippen LogP contribution in [0.5, 0.6) is 0 Å². The lowest BCUT2D eigenvalue weighted by Crippen LogP contribution is -2.43. The van der Waals surface area contributed by atoms with E-state index in [0.29, 0.717) is 5.56 Å². The van der Waals surface area contributed by atoms with Gasteiger partial charge in [0, 0.05) is 31.9 Å². The Labute approximate surface area is 163 Å². The Balaban J connectivity index is 1.73. The quantitative estimate of drug-likeness (QED) is 0.638. The van der Waals surface area contributed by atoms with E-state index in [1.807, 2.05) is 26.1 Å². The summed E-state index contributed by atoms with van der Waals surface area (Å²) in [5, 5.41) is 6.96. The fourth-order valence-electron chi connectivity index (χ4n) is 3.45. The van der Waals surface area contributed by atoms with Crippen LogP contribution in [0, 0.1) is 5.92 Å². The predicted molar refractivity (Wildman–Crippen MR) is 101 cm³/mol. The van der Waals surface area contributed by atoms with Gasteiger partial charge in [0.25, 0.3) is 0 Å². The zero-order valence-electron chi connectivity index (χ0n) is 16.4. The Morgan fingerprint density at radius 1 is 1.21 bits per heavy atom. The van der Waals surface area contributed by atoms with Crippen molar-refractivity contribution in [1.82, 2.24) is 20.0 Å². The molecular formula is C20H24N4O4. The van der Waals surface area contributed by atoms with Gasteiger partial charge in [-0.05, 0) is 23.1 Å². The summed E-state index contributed by atoms with van der Waals surface area (Å²) in [6.45, 7) is 4.42. The summed E-state index contributed by atoms with van der Waals surface area (Å²) in [7, 11) is 3.12. The number of methoxy groups -OCH3 is 1. The van der Waals surface area contributed by atoms with Gasteiger partial charge in [-0.3, -0.25) is 14.3 Å². The van der Waals surface area contributed by atoms with Crippen LogP contribution in [0.2, 0.25) is 0 Å². The monoisotopic (exact) mass is 384 g/mol. The number of carbonyl (C=O) groups excluding carboxylic acids is 3. The minimum Gasteiger partial charge on any atom is -0.465 e. The van der Waals surface area contributed by atoms with Crippen LogP contribution in [0.25, 0.3) is 0 Å². The number of nitrogens with zero attached hydrogens (tertiary/aromatic N) is 3. The largest absolute Gasteiger partial charge is 0.465 e. The van der Waals surface area contributed by atoms with Gasteiger partial charge < -0.3 is 15.0 Å². The fourth-order valence-corrected chi connectivity index (χ4v) is 3.45. The van der Waals surface area contributed by atoms with E-state index in [4.69, 9.17) is 4.74 Å². The second-order valence-corrected chi connectivity index (χ2v) is 7.24. The van der Waals surface area contributed by atoms with Crippen molar-refractivity contribution in [2.24, 2.45) is 13.0 Å². The molecule has 148 valence electrons. The number of benzene rings is 1. The third kappa shape index (κ3) is 3.76. The number of hydrogen-bond donors (Lipinski definition) is 1. The molecule has 0 spiro atoms. The van der Waals surface area contributed by atoms with Crippen LogP contribution in [0.15, 0.2) is 30.6 Å². The maximum absolute atomic E-state index is 12.7. The standard InChI is InChI=1S/C20H24N4O4/c1-12(2)17(14-8-21-23(3)9-14)22-18(25)19(26)24-10-13-6-5-7-15(16(13)11-24)20(27)28-4/h5-9,12,17H,10-11H2,1-4H3,(H,22,25). The number of aromatic nitrogens is 2. The van der Waals surface area contributed by atoms with E-state index in [9.17, 15) is 14.4 Å². The third-order valence-electron chi connectivity index (χ3n) is 4.91. The second kappa shape index (κ2) is 7.84. The average Bonchev–Trinajstić information content (AvgIpc) is 3.30. The Hall–Kier alpha value is -3.16. The highest BCUT2D eigenvalue weighted by molar-refractivity contribution is 6.35. The van der Waals surface area contributed by atoms with E-state index in [2.05, 4.69) is 10.4 Å². The van der Waals surface area contributed by atoms with Crippen molar-refractivity contribution in [3.8, 4) is 0 Å². The van der Waals surface area contributed by atoms with Crippen molar-refractivity contribution in [2.45, 2.75) is 33.0 Å². The molecule has 0 fully saturated rings. The Kier molecular flexibility index (Phi) is 5.48. The number of fused-ring (bicyclic) bond motifs is 1. The summed E-state index contributed by atoms with van der Waals surface area (Å²) in [5.41, 5.74) is 2.84. The van der Waals surface area contributed by atoms with E-state index in [1.54, 1.807) is 30.1 Å². The van der Waals surface area contributed by atoms with E-state index in [-0.39, 0.29) is 25.0 Å². The first-order chi connectivity index (χ1) is 13.3. The highest BCUT2D eigenvalue weighted by atomic mass is 16.5. The lowest BCUT2D eigenvalue weighted by Gasteiger charge is -2.22. The number of aryl methyl sites for hydroxylation is 1. The van der Waals surface area contributed by atoms with Crippen molar-refractivity contribution in [3.05, 3.63) is 52.8 Å². The lowest BCUT2D eigenvalue weighted by molar-refractivity contribution is -0.146. The molecule has 28 heavy (non-hydrogen) atoms. The third-order valence-corrected chi connectivity index (χ3v) is 4.91. The van der Waals surface area contributed by atoms with E-state index in [0.717, 1.165) is 16.7 Å². The van der Waals surface area contributed by atoms with E-state index in [1.165, 1.54) is 12.0 Å². The van der Waals surface area contributed by atoms with Crippen molar-refractivity contribution in [1.29, 1.82) is 0 Å². The molecule has 2 aromatic rings. The molecule has 1 N–H and O–H groups in total. The maximum Gasteiger partial charge on any atom is 0.338 e. The lowest BCUT2D eigenvalue weighted by atomic mass is 9.99. The fraction of sp³-hybridized carbons (Fsp3) is 0.400. The van der Waals surface area contributed by atoms with E-state index >= 15 is 0 Å². The topological polar surface area (TPSA) is 93.5 Å². The van der Waals surface area contributed by atoms with Crippen LogP contribution in [-0.2, 0) is 34.5 Å². The summed E-state index contributed by atoms with van der Waals surface area (Å²) >= 11 is 0. The number of nitrogens with one attached hydrogen (secondary N) is 1. The predicted octanol–water partition coefficient (Wildman–Crippen LogP) is 1.56. The maximum atomic E-state index is 12.7. The molecule has 1 atom stereocenters. The molecule has 0 saturated heterocycles. The van der Waals surface area contributed by atoms with E-state index < -0.39 is 17.8 Å². The summed E-state index contributed by atoms with van der Waals surface area (Å²) in [6.07, 6.45) is 3.51. The molecule has 2 heterocycles. The van der Waals surface area contributed by atoms with Gasteiger partial charge in [-0.15, -0.1) is 0 Å². The SMILES string of the molecule is COC(=O)c1cccc2c1CN(C(=O)C(=O)NC(c1cnn(C)c1)C(C)C)C2. The number of esters is 1. The van der Waals surface area contributed by atoms with Gasteiger partial charge >= 0.3 is 17.8 Å². The molecule has 8 heteroatoms. The van der Waals surface area contributed by atoms with Crippen LogP contribution < -0.4 is 5.32 Å². The normalized spacial score (nSPS) is 14.0. The van der Waals surface area contributed by atoms with Crippen LogP contribution in [-0.4, -0.2) is 39.6 Å². The average molecular weight is 384 g/mol. The Bertz CT molecular complexity index is 919. The summed E-state index contributed by atoms with van der Waals surface area (Å²) < 4.78 is 6.46. The number of ether oxygens (including phenoxy) is 1. The Morgan fingerprint density at radius 2 is 1.96 bits per heavy atom. The van der Waals surface area contributed by atoms with Crippen molar-refractivity contribution in [2.75, 3.05) is 7.11 Å². The number of hydrogen-bond acceptors (Lipinski definition) is 5. The van der Waals surface area contributed by atoms with Gasteiger partial charge in [-0.2, -0.15) is 5.10 Å². The molecular weight excluding hydrogens is 360 g/mol. The number of rotatable bonds is 4. The van der Waals surface area contributed by atoms with Gasteiger partial charge in [0.15, 0.2) is 0 Å². The van der Waals surface area contributed by atoms with Gasteiger partial charge in [-0.1, -0.05) is 26.0 Å². The van der Waals surface area contributed by atoms with Crippen LogP contribution in [0.4, 0.5) is 0 Å². The molecule has 0 bridgehead atoms. The zero-order valence-corrected chi connectivity index (χ0v) is 16.4. The van der Waals surface area contributed by atoms with Gasteiger partial charge in [0.1, 0.15) is 0 Å². The van der Waals surface area contributed by atoms with Crippen LogP contribution in [0.1, 0.15) is 46.9 Å². The van der Waals surface area contributed by atoms with Gasteiger partial charge in [0.2, 0.25) is 0 Å². The molecule has 2 amide bonds. The molecule has 0 radical (unpaired) electrons. The summed E-state index contributed by atoms with van der Waals surface area (Å²) in [6, 6.07) is 4.94. The molecule has 1 aliphatic heterocycles. The molecule has 1 aromatic heterocycles. The molecule has 3 rings (SSSR count). The van der Waals surface area contributed by atoms with Crippen molar-refractivity contribution < 1.29 is 19.1 Å².